The van der Waals surface area contributed by atoms with Crippen molar-refractivity contribution in [1.82, 2.24) is 15.1 Å². The molecule has 3 aliphatic heterocycles. The molecule has 33 heavy (non-hydrogen) atoms. The van der Waals surface area contributed by atoms with Crippen molar-refractivity contribution in [1.29, 1.82) is 0 Å². The van der Waals surface area contributed by atoms with Crippen LogP contribution in [0.1, 0.15) is 73.2 Å². The predicted molar refractivity (Wildman–Crippen MR) is 124 cm³/mol. The summed E-state index contributed by atoms with van der Waals surface area (Å²) >= 11 is 0. The summed E-state index contributed by atoms with van der Waals surface area (Å²) in [6, 6.07) is 7.44. The van der Waals surface area contributed by atoms with Gasteiger partial charge in [0.25, 0.3) is 5.91 Å². The molecule has 2 atom stereocenters. The zero-order valence-electron chi connectivity index (χ0n) is 19.6. The number of amides is 2. The van der Waals surface area contributed by atoms with Crippen molar-refractivity contribution in [2.45, 2.75) is 75.0 Å². The molecule has 7 nitrogen and oxygen atoms in total. The van der Waals surface area contributed by atoms with E-state index in [4.69, 9.17) is 4.74 Å². The van der Waals surface area contributed by atoms with Gasteiger partial charge in [-0.15, -0.1) is 0 Å². The van der Waals surface area contributed by atoms with Crippen LogP contribution in [0.3, 0.4) is 0 Å². The van der Waals surface area contributed by atoms with Crippen LogP contribution in [-0.4, -0.2) is 78.4 Å². The maximum Gasteiger partial charge on any atom is 0.252 e. The SMILES string of the molecule is CN1CCC(c2ccc(C(=O)NC3(C(=O)N4CC[C@H]5OCC(=O)[C@H]54)CCCCC3)cc2)CC1. The Morgan fingerprint density at radius 1 is 1.00 bits per heavy atom. The highest BCUT2D eigenvalue weighted by atomic mass is 16.5. The van der Waals surface area contributed by atoms with E-state index in [0.29, 0.717) is 37.3 Å². The zero-order valence-corrected chi connectivity index (χ0v) is 19.6. The summed E-state index contributed by atoms with van der Waals surface area (Å²) in [5.74, 6) is 0.209. The first-order valence-corrected chi connectivity index (χ1v) is 12.5. The van der Waals surface area contributed by atoms with E-state index in [-0.39, 0.29) is 30.3 Å². The third kappa shape index (κ3) is 4.33. The largest absolute Gasteiger partial charge is 0.368 e. The van der Waals surface area contributed by atoms with Gasteiger partial charge in [-0.25, -0.2) is 0 Å². The standard InChI is InChI=1S/C26H35N3O4/c1-28-14-9-19(10-15-28)18-5-7-20(8-6-18)24(31)27-26(12-3-2-4-13-26)25(32)29-16-11-22-23(29)21(30)17-33-22/h5-8,19,22-23H,2-4,9-17H2,1H3,(H,27,31)/t22-,23-/m1/s1. The summed E-state index contributed by atoms with van der Waals surface area (Å²) in [7, 11) is 2.16. The molecule has 3 heterocycles. The van der Waals surface area contributed by atoms with Crippen LogP contribution in [-0.2, 0) is 14.3 Å². The molecule has 178 valence electrons. The first kappa shape index (κ1) is 22.5. The Hall–Kier alpha value is -2.25. The molecule has 3 saturated heterocycles. The summed E-state index contributed by atoms with van der Waals surface area (Å²) in [5, 5.41) is 3.14. The van der Waals surface area contributed by atoms with Gasteiger partial charge in [0.15, 0.2) is 5.78 Å². The Morgan fingerprint density at radius 2 is 1.70 bits per heavy atom. The molecule has 0 radical (unpaired) electrons. The van der Waals surface area contributed by atoms with Gasteiger partial charge < -0.3 is 19.9 Å². The number of nitrogens with one attached hydrogen (secondary N) is 1. The number of hydrogen-bond acceptors (Lipinski definition) is 5. The average molecular weight is 454 g/mol. The van der Waals surface area contributed by atoms with Crippen molar-refractivity contribution in [3.8, 4) is 0 Å². The zero-order chi connectivity index (χ0) is 23.0. The highest BCUT2D eigenvalue weighted by molar-refractivity contribution is 6.01. The van der Waals surface area contributed by atoms with Gasteiger partial charge in [0.1, 0.15) is 18.2 Å². The van der Waals surface area contributed by atoms with Crippen LogP contribution in [0.15, 0.2) is 24.3 Å². The molecular formula is C26H35N3O4. The van der Waals surface area contributed by atoms with Gasteiger partial charge in [-0.05, 0) is 75.9 Å². The summed E-state index contributed by atoms with van der Waals surface area (Å²) in [4.78, 5) is 43.5. The van der Waals surface area contributed by atoms with E-state index in [1.54, 1.807) is 4.90 Å². The fourth-order valence-electron chi connectivity index (χ4n) is 6.18. The molecule has 1 saturated carbocycles. The molecule has 2 amide bonds. The van der Waals surface area contributed by atoms with Gasteiger partial charge in [-0.3, -0.25) is 14.4 Å². The van der Waals surface area contributed by atoms with Crippen LogP contribution < -0.4 is 5.32 Å². The van der Waals surface area contributed by atoms with Gasteiger partial charge in [0.05, 0.1) is 6.10 Å². The molecule has 1 aliphatic carbocycles. The third-order valence-corrected chi connectivity index (χ3v) is 8.21. The minimum Gasteiger partial charge on any atom is -0.368 e. The fraction of sp³-hybridized carbons (Fsp3) is 0.654. The second-order valence-electron chi connectivity index (χ2n) is 10.3. The number of carbonyl (C=O) groups excluding carboxylic acids is 3. The lowest BCUT2D eigenvalue weighted by Gasteiger charge is -2.40. The number of benzene rings is 1. The van der Waals surface area contributed by atoms with E-state index in [1.807, 2.05) is 12.1 Å². The summed E-state index contributed by atoms with van der Waals surface area (Å²) in [6.45, 7) is 2.80. The maximum absolute atomic E-state index is 13.8. The van der Waals surface area contributed by atoms with Crippen LogP contribution in [0.4, 0.5) is 0 Å². The fourth-order valence-corrected chi connectivity index (χ4v) is 6.18. The topological polar surface area (TPSA) is 79.0 Å². The van der Waals surface area contributed by atoms with E-state index in [2.05, 4.69) is 29.4 Å². The van der Waals surface area contributed by atoms with Crippen molar-refractivity contribution in [2.75, 3.05) is 33.3 Å². The summed E-state index contributed by atoms with van der Waals surface area (Å²) < 4.78 is 5.57. The molecule has 1 aromatic carbocycles. The number of likely N-dealkylation sites (tertiary alicyclic amines) is 2. The van der Waals surface area contributed by atoms with Crippen molar-refractivity contribution < 1.29 is 19.1 Å². The van der Waals surface area contributed by atoms with Crippen molar-refractivity contribution in [2.24, 2.45) is 0 Å². The average Bonchev–Trinajstić information content (AvgIpc) is 3.43. The number of nitrogens with zero attached hydrogens (tertiary/aromatic N) is 2. The molecule has 0 bridgehead atoms. The Balaban J connectivity index is 1.31. The number of rotatable bonds is 4. The second-order valence-corrected chi connectivity index (χ2v) is 10.3. The van der Waals surface area contributed by atoms with E-state index in [1.165, 1.54) is 5.56 Å². The van der Waals surface area contributed by atoms with Crippen LogP contribution >= 0.6 is 0 Å². The normalized spacial score (nSPS) is 28.0. The molecule has 0 unspecified atom stereocenters. The smallest absolute Gasteiger partial charge is 0.252 e. The molecule has 1 N–H and O–H groups in total. The van der Waals surface area contributed by atoms with Crippen molar-refractivity contribution in [3.63, 3.8) is 0 Å². The number of carbonyl (C=O) groups is 3. The monoisotopic (exact) mass is 453 g/mol. The van der Waals surface area contributed by atoms with E-state index in [0.717, 1.165) is 45.2 Å². The minimum absolute atomic E-state index is 0.0207. The lowest BCUT2D eigenvalue weighted by molar-refractivity contribution is -0.143. The first-order valence-electron chi connectivity index (χ1n) is 12.5. The van der Waals surface area contributed by atoms with Gasteiger partial charge in [0, 0.05) is 12.1 Å². The Morgan fingerprint density at radius 3 is 2.39 bits per heavy atom. The summed E-state index contributed by atoms with van der Waals surface area (Å²) in [6.07, 6.45) is 6.86. The minimum atomic E-state index is -0.931. The van der Waals surface area contributed by atoms with E-state index >= 15 is 0 Å². The van der Waals surface area contributed by atoms with Gasteiger partial charge in [-0.1, -0.05) is 31.4 Å². The van der Waals surface area contributed by atoms with Crippen molar-refractivity contribution >= 4 is 17.6 Å². The summed E-state index contributed by atoms with van der Waals surface area (Å²) in [5.41, 5.74) is 0.940. The van der Waals surface area contributed by atoms with Crippen LogP contribution in [0.5, 0.6) is 0 Å². The number of Topliss-reactive ketones (excluding diaryl/α,β-unsaturated/α-hetero) is 1. The molecule has 5 rings (SSSR count). The molecule has 4 aliphatic rings. The van der Waals surface area contributed by atoms with Gasteiger partial charge in [-0.2, -0.15) is 0 Å². The highest BCUT2D eigenvalue weighted by Crippen LogP contribution is 2.35. The van der Waals surface area contributed by atoms with Crippen LogP contribution in [0.2, 0.25) is 0 Å². The first-order chi connectivity index (χ1) is 16.0. The predicted octanol–water partition coefficient (Wildman–Crippen LogP) is 2.50. The van der Waals surface area contributed by atoms with Crippen LogP contribution in [0, 0.1) is 0 Å². The van der Waals surface area contributed by atoms with Gasteiger partial charge in [0.2, 0.25) is 5.91 Å². The highest BCUT2D eigenvalue weighted by Gasteiger charge is 2.52. The van der Waals surface area contributed by atoms with E-state index in [9.17, 15) is 14.4 Å². The Kier molecular flexibility index (Phi) is 6.27. The lowest BCUT2D eigenvalue weighted by atomic mass is 9.80. The number of fused-ring (bicyclic) bond motifs is 1. The second kappa shape index (κ2) is 9.18. The molecule has 4 fully saturated rings. The molecule has 0 aromatic heterocycles. The maximum atomic E-state index is 13.8. The molecule has 7 heteroatoms. The van der Waals surface area contributed by atoms with E-state index < -0.39 is 11.6 Å². The number of piperidine rings is 1. The van der Waals surface area contributed by atoms with Crippen molar-refractivity contribution in [3.05, 3.63) is 35.4 Å². The number of hydrogen-bond donors (Lipinski definition) is 1. The van der Waals surface area contributed by atoms with Gasteiger partial charge >= 0.3 is 0 Å². The van der Waals surface area contributed by atoms with Crippen LogP contribution in [0.25, 0.3) is 0 Å². The Labute approximate surface area is 195 Å². The molecule has 1 aromatic rings. The lowest BCUT2D eigenvalue weighted by Crippen LogP contribution is -2.62. The third-order valence-electron chi connectivity index (χ3n) is 8.21. The molecular weight excluding hydrogens is 418 g/mol. The number of ketones is 1. The molecule has 0 spiro atoms. The number of ether oxygens (including phenoxy) is 1. The Bertz CT molecular complexity index is 901. The quantitative estimate of drug-likeness (QED) is 0.758.